The van der Waals surface area contributed by atoms with E-state index in [-0.39, 0.29) is 0 Å². The number of piperidine rings is 1. The Bertz CT molecular complexity index is 363. The minimum absolute atomic E-state index is 0.400. The molecule has 0 bridgehead atoms. The topological polar surface area (TPSA) is 38.5 Å². The van der Waals surface area contributed by atoms with Gasteiger partial charge in [-0.1, -0.05) is 12.1 Å². The molecular weight excluding hydrogens is 224 g/mol. The quantitative estimate of drug-likeness (QED) is 0.886. The van der Waals surface area contributed by atoms with Crippen molar-refractivity contribution in [1.82, 2.24) is 4.90 Å². The molecule has 1 heterocycles. The molecule has 1 fully saturated rings. The van der Waals surface area contributed by atoms with E-state index in [1.54, 1.807) is 7.11 Å². The molecule has 0 radical (unpaired) electrons. The molecule has 18 heavy (non-hydrogen) atoms. The number of likely N-dealkylation sites (tertiary alicyclic amines) is 1. The average Bonchev–Trinajstić information content (AvgIpc) is 2.38. The molecule has 100 valence electrons. The fourth-order valence-electron chi connectivity index (χ4n) is 2.65. The Morgan fingerprint density at radius 1 is 1.33 bits per heavy atom. The third-order valence-corrected chi connectivity index (χ3v) is 3.90. The van der Waals surface area contributed by atoms with Crippen molar-refractivity contribution in [3.05, 3.63) is 29.8 Å². The van der Waals surface area contributed by atoms with Gasteiger partial charge in [0.2, 0.25) is 0 Å². The van der Waals surface area contributed by atoms with Crippen LogP contribution in [0.5, 0.6) is 5.75 Å². The fraction of sp³-hybridized carbons (Fsp3) is 0.600. The zero-order chi connectivity index (χ0) is 13.0. The van der Waals surface area contributed by atoms with E-state index in [0.717, 1.165) is 38.1 Å². The Hall–Kier alpha value is -1.06. The van der Waals surface area contributed by atoms with Crippen LogP contribution in [-0.2, 0) is 6.42 Å². The molecule has 0 aliphatic carbocycles. The minimum Gasteiger partial charge on any atom is -0.497 e. The summed E-state index contributed by atoms with van der Waals surface area (Å²) >= 11 is 0. The maximum atomic E-state index is 5.99. The highest BCUT2D eigenvalue weighted by Gasteiger charge is 2.22. The van der Waals surface area contributed by atoms with E-state index in [1.165, 1.54) is 5.56 Å². The summed E-state index contributed by atoms with van der Waals surface area (Å²) in [5.74, 6) is 0.927. The van der Waals surface area contributed by atoms with Crippen molar-refractivity contribution in [2.24, 2.45) is 5.73 Å². The monoisotopic (exact) mass is 248 g/mol. The molecule has 2 rings (SSSR count). The summed E-state index contributed by atoms with van der Waals surface area (Å²) in [4.78, 5) is 2.55. The van der Waals surface area contributed by atoms with Crippen LogP contribution >= 0.6 is 0 Å². The summed E-state index contributed by atoms with van der Waals surface area (Å²) in [6.07, 6.45) is 3.36. The number of ether oxygens (including phenoxy) is 1. The fourth-order valence-corrected chi connectivity index (χ4v) is 2.65. The first-order valence-corrected chi connectivity index (χ1v) is 6.81. The Morgan fingerprint density at radius 2 is 2.06 bits per heavy atom. The van der Waals surface area contributed by atoms with Crippen LogP contribution in [0.3, 0.4) is 0 Å². The molecule has 1 aromatic rings. The highest BCUT2D eigenvalue weighted by atomic mass is 16.5. The summed E-state index contributed by atoms with van der Waals surface area (Å²) in [7, 11) is 1.70. The normalized spacial score (nSPS) is 25.1. The van der Waals surface area contributed by atoms with Gasteiger partial charge in [0.05, 0.1) is 7.11 Å². The van der Waals surface area contributed by atoms with Gasteiger partial charge in [-0.15, -0.1) is 0 Å². The lowest BCUT2D eigenvalue weighted by Crippen LogP contribution is -2.46. The van der Waals surface area contributed by atoms with Crippen molar-refractivity contribution < 1.29 is 4.74 Å². The number of methoxy groups -OCH3 is 1. The highest BCUT2D eigenvalue weighted by molar-refractivity contribution is 5.27. The van der Waals surface area contributed by atoms with Crippen molar-refractivity contribution in [1.29, 1.82) is 0 Å². The van der Waals surface area contributed by atoms with Crippen LogP contribution in [0.15, 0.2) is 24.3 Å². The second kappa shape index (κ2) is 6.21. The third-order valence-electron chi connectivity index (χ3n) is 3.90. The Balaban J connectivity index is 1.83. The van der Waals surface area contributed by atoms with Gasteiger partial charge in [0.1, 0.15) is 5.75 Å². The van der Waals surface area contributed by atoms with Crippen LogP contribution in [0.25, 0.3) is 0 Å². The van der Waals surface area contributed by atoms with Gasteiger partial charge >= 0.3 is 0 Å². The molecule has 1 aromatic carbocycles. The number of benzene rings is 1. The maximum absolute atomic E-state index is 5.99. The van der Waals surface area contributed by atoms with Crippen LogP contribution in [0.4, 0.5) is 0 Å². The van der Waals surface area contributed by atoms with Gasteiger partial charge in [-0.05, 0) is 50.4 Å². The van der Waals surface area contributed by atoms with Gasteiger partial charge < -0.3 is 15.4 Å². The lowest BCUT2D eigenvalue weighted by molar-refractivity contribution is 0.149. The van der Waals surface area contributed by atoms with E-state index in [0.29, 0.717) is 12.1 Å². The summed E-state index contributed by atoms with van der Waals surface area (Å²) in [6.45, 7) is 4.55. The van der Waals surface area contributed by atoms with Gasteiger partial charge in [-0.25, -0.2) is 0 Å². The summed E-state index contributed by atoms with van der Waals surface area (Å²) in [5, 5.41) is 0. The van der Waals surface area contributed by atoms with Gasteiger partial charge in [-0.2, -0.15) is 0 Å². The predicted octanol–water partition coefficient (Wildman–Crippen LogP) is 2.05. The van der Waals surface area contributed by atoms with Crippen molar-refractivity contribution in [2.75, 3.05) is 20.2 Å². The number of nitrogens with zero attached hydrogens (tertiary/aromatic N) is 1. The number of hydrogen-bond donors (Lipinski definition) is 1. The predicted molar refractivity (Wildman–Crippen MR) is 74.9 cm³/mol. The largest absolute Gasteiger partial charge is 0.497 e. The lowest BCUT2D eigenvalue weighted by atomic mass is 9.98. The molecule has 3 heteroatoms. The molecule has 2 N–H and O–H groups in total. The van der Waals surface area contributed by atoms with Crippen molar-refractivity contribution in [3.8, 4) is 5.75 Å². The molecule has 0 aromatic heterocycles. The average molecular weight is 248 g/mol. The first kappa shape index (κ1) is 13.4. The molecule has 1 saturated heterocycles. The molecule has 2 atom stereocenters. The van der Waals surface area contributed by atoms with Crippen LogP contribution in [0.1, 0.15) is 25.3 Å². The van der Waals surface area contributed by atoms with E-state index in [2.05, 4.69) is 24.0 Å². The molecule has 1 aliphatic heterocycles. The van der Waals surface area contributed by atoms with Crippen molar-refractivity contribution in [3.63, 3.8) is 0 Å². The molecule has 3 nitrogen and oxygen atoms in total. The first-order valence-electron chi connectivity index (χ1n) is 6.81. The molecule has 1 aliphatic rings. The molecule has 0 amide bonds. The molecule has 0 spiro atoms. The van der Waals surface area contributed by atoms with E-state index in [4.69, 9.17) is 10.5 Å². The third kappa shape index (κ3) is 3.47. The molecular formula is C15H24N2O. The summed E-state index contributed by atoms with van der Waals surface area (Å²) in [6, 6.07) is 9.39. The minimum atomic E-state index is 0.400. The summed E-state index contributed by atoms with van der Waals surface area (Å²) < 4.78 is 5.17. The second-order valence-electron chi connectivity index (χ2n) is 5.27. The number of nitrogens with two attached hydrogens (primary N) is 1. The number of rotatable bonds is 4. The van der Waals surface area contributed by atoms with E-state index in [9.17, 15) is 0 Å². The van der Waals surface area contributed by atoms with Crippen LogP contribution < -0.4 is 10.5 Å². The Labute approximate surface area is 110 Å². The first-order chi connectivity index (χ1) is 8.69. The van der Waals surface area contributed by atoms with E-state index >= 15 is 0 Å². The zero-order valence-electron chi connectivity index (χ0n) is 11.4. The van der Waals surface area contributed by atoms with Crippen molar-refractivity contribution >= 4 is 0 Å². The van der Waals surface area contributed by atoms with Gasteiger partial charge in [0, 0.05) is 18.6 Å². The Morgan fingerprint density at radius 3 is 2.67 bits per heavy atom. The van der Waals surface area contributed by atoms with Crippen LogP contribution in [0.2, 0.25) is 0 Å². The second-order valence-corrected chi connectivity index (χ2v) is 5.27. The van der Waals surface area contributed by atoms with Crippen LogP contribution in [-0.4, -0.2) is 37.2 Å². The van der Waals surface area contributed by atoms with Crippen LogP contribution in [0, 0.1) is 0 Å². The lowest BCUT2D eigenvalue weighted by Gasteiger charge is -2.36. The zero-order valence-corrected chi connectivity index (χ0v) is 11.4. The number of hydrogen-bond acceptors (Lipinski definition) is 3. The molecule has 0 saturated carbocycles. The smallest absolute Gasteiger partial charge is 0.118 e. The van der Waals surface area contributed by atoms with E-state index < -0.39 is 0 Å². The highest BCUT2D eigenvalue weighted by Crippen LogP contribution is 2.17. The Kier molecular flexibility index (Phi) is 4.61. The van der Waals surface area contributed by atoms with Gasteiger partial charge in [-0.3, -0.25) is 0 Å². The molecule has 2 unspecified atom stereocenters. The van der Waals surface area contributed by atoms with E-state index in [1.807, 2.05) is 12.1 Å². The van der Waals surface area contributed by atoms with Gasteiger partial charge in [0.25, 0.3) is 0 Å². The van der Waals surface area contributed by atoms with Gasteiger partial charge in [0.15, 0.2) is 0 Å². The maximum Gasteiger partial charge on any atom is 0.118 e. The summed E-state index contributed by atoms with van der Waals surface area (Å²) in [5.41, 5.74) is 7.36. The SMILES string of the molecule is COc1ccc(CCN2CCC(N)CC2C)cc1. The standard InChI is InChI=1S/C15H24N2O/c1-12-11-14(16)8-10-17(12)9-7-13-3-5-15(18-2)6-4-13/h3-6,12,14H,7-11,16H2,1-2H3. The van der Waals surface area contributed by atoms with Crippen molar-refractivity contribution in [2.45, 2.75) is 38.3 Å².